The van der Waals surface area contributed by atoms with Crippen molar-refractivity contribution in [1.82, 2.24) is 14.5 Å². The molecule has 14 heteroatoms. The number of nitrogens with zero attached hydrogens (tertiary/aromatic N) is 4. The van der Waals surface area contributed by atoms with E-state index in [9.17, 15) is 30.0 Å². The summed E-state index contributed by atoms with van der Waals surface area (Å²) < 4.78 is 26.5. The zero-order valence-corrected chi connectivity index (χ0v) is 20.0. The van der Waals surface area contributed by atoms with E-state index < -0.39 is 43.1 Å². The summed E-state index contributed by atoms with van der Waals surface area (Å²) in [6.45, 7) is 6.34. The third-order valence-corrected chi connectivity index (χ3v) is 8.78. The van der Waals surface area contributed by atoms with Gasteiger partial charge in [0, 0.05) is 6.42 Å². The number of nitrogens with two attached hydrogens (primary N) is 1. The number of aromatic nitrogens is 4. The number of imidazole rings is 1. The van der Waals surface area contributed by atoms with Gasteiger partial charge >= 0.3 is 7.60 Å². The maximum atomic E-state index is 12.9. The van der Waals surface area contributed by atoms with Gasteiger partial charge < -0.3 is 35.9 Å². The largest absolute Gasteiger partial charge is 0.388 e. The number of hydrogen-bond acceptors (Lipinski definition) is 10. The second-order valence-corrected chi connectivity index (χ2v) is 10.8. The normalized spacial score (nSPS) is 27.5. The van der Waals surface area contributed by atoms with Crippen molar-refractivity contribution in [3.05, 3.63) is 12.7 Å². The van der Waals surface area contributed by atoms with Crippen LogP contribution in [0.4, 0.5) is 5.82 Å². The summed E-state index contributed by atoms with van der Waals surface area (Å²) in [5, 5.41) is 39.5. The molecule has 0 bridgehead atoms. The Kier molecular flexibility index (Phi) is 7.07. The maximum absolute atomic E-state index is 12.9. The highest BCUT2D eigenvalue weighted by molar-refractivity contribution is 7.54. The fraction of sp³-hybridized carbons (Fsp3) is 0.737. The third-order valence-electron chi connectivity index (χ3n) is 6.62. The maximum Gasteiger partial charge on any atom is 0.359 e. The Morgan fingerprint density at radius 3 is 2.45 bits per heavy atom. The lowest BCUT2D eigenvalue weighted by Crippen LogP contribution is -2.41. The number of nitrogen functional groups attached to an aromatic ring is 1. The first-order valence-electron chi connectivity index (χ1n) is 10.8. The first-order valence-corrected chi connectivity index (χ1v) is 12.4. The quantitative estimate of drug-likeness (QED) is 0.162. The van der Waals surface area contributed by atoms with Gasteiger partial charge in [-0.3, -0.25) is 13.7 Å². The van der Waals surface area contributed by atoms with Crippen LogP contribution in [0.3, 0.4) is 0 Å². The van der Waals surface area contributed by atoms with Crippen LogP contribution in [0.25, 0.3) is 11.2 Å². The fourth-order valence-electron chi connectivity index (χ4n) is 3.89. The van der Waals surface area contributed by atoms with Crippen molar-refractivity contribution in [2.75, 3.05) is 5.73 Å². The van der Waals surface area contributed by atoms with Gasteiger partial charge in [-0.1, -0.05) is 30.5 Å². The van der Waals surface area contributed by atoms with Gasteiger partial charge in [-0.05, 0) is 26.2 Å². The van der Waals surface area contributed by atoms with Crippen LogP contribution in [0.5, 0.6) is 0 Å². The molecular formula is C19H33N5O8P+. The van der Waals surface area contributed by atoms with Gasteiger partial charge in [0.1, 0.15) is 18.5 Å². The minimum absolute atomic E-state index is 0.00526. The van der Waals surface area contributed by atoms with Crippen LogP contribution >= 0.6 is 7.60 Å². The van der Waals surface area contributed by atoms with E-state index in [2.05, 4.69) is 9.97 Å². The molecule has 1 fully saturated rings. The van der Waals surface area contributed by atoms with Crippen molar-refractivity contribution in [2.24, 2.45) is 0 Å². The average Bonchev–Trinajstić information content (AvgIpc) is 3.32. The van der Waals surface area contributed by atoms with E-state index in [1.807, 2.05) is 0 Å². The van der Waals surface area contributed by atoms with Crippen molar-refractivity contribution in [2.45, 2.75) is 88.9 Å². The summed E-state index contributed by atoms with van der Waals surface area (Å²) in [7, 11) is -4.46. The average molecular weight is 490 g/mol. The van der Waals surface area contributed by atoms with Crippen molar-refractivity contribution in [1.29, 1.82) is 0 Å². The summed E-state index contributed by atoms with van der Waals surface area (Å²) in [5.41, 5.74) is 5.00. The molecule has 186 valence electrons. The lowest BCUT2D eigenvalue weighted by Gasteiger charge is -2.39. The Balaban J connectivity index is 1.88. The molecule has 1 saturated heterocycles. The van der Waals surface area contributed by atoms with Gasteiger partial charge in [-0.15, -0.1) is 0 Å². The molecule has 1 aliphatic rings. The van der Waals surface area contributed by atoms with Gasteiger partial charge in [-0.2, -0.15) is 0 Å². The predicted octanol–water partition coefficient (Wildman–Crippen LogP) is 0.427. The third kappa shape index (κ3) is 4.46. The van der Waals surface area contributed by atoms with E-state index >= 15 is 0 Å². The summed E-state index contributed by atoms with van der Waals surface area (Å²) in [6.07, 6.45) is -1.79. The van der Waals surface area contributed by atoms with Crippen LogP contribution in [0.2, 0.25) is 0 Å². The van der Waals surface area contributed by atoms with Gasteiger partial charge in [0.2, 0.25) is 11.2 Å². The minimum atomic E-state index is -4.46. The fourth-order valence-corrected chi connectivity index (χ4v) is 5.34. The molecule has 13 nitrogen and oxygen atoms in total. The molecule has 3 heterocycles. The Bertz CT molecular complexity index is 1040. The van der Waals surface area contributed by atoms with Crippen LogP contribution in [0.15, 0.2) is 12.7 Å². The molecule has 0 radical (unpaired) electrons. The molecule has 0 spiro atoms. The van der Waals surface area contributed by atoms with E-state index in [1.54, 1.807) is 20.8 Å². The molecule has 1 aliphatic heterocycles. The van der Waals surface area contributed by atoms with Crippen LogP contribution < -0.4 is 10.5 Å². The zero-order valence-electron chi connectivity index (χ0n) is 19.1. The van der Waals surface area contributed by atoms with Crippen LogP contribution in [0.1, 0.15) is 59.6 Å². The number of ether oxygens (including phenoxy) is 1. The van der Waals surface area contributed by atoms with Crippen molar-refractivity contribution in [3.8, 4) is 0 Å². The van der Waals surface area contributed by atoms with Crippen molar-refractivity contribution in [3.63, 3.8) is 0 Å². The monoisotopic (exact) mass is 490 g/mol. The van der Waals surface area contributed by atoms with Crippen LogP contribution in [0, 0.1) is 0 Å². The highest BCUT2D eigenvalue weighted by Crippen LogP contribution is 2.59. The van der Waals surface area contributed by atoms with Crippen LogP contribution in [-0.4, -0.2) is 69.2 Å². The summed E-state index contributed by atoms with van der Waals surface area (Å²) in [4.78, 5) is 18.6. The van der Waals surface area contributed by atoms with Gasteiger partial charge in [0.05, 0.1) is 11.7 Å². The molecule has 0 aromatic carbocycles. The van der Waals surface area contributed by atoms with Crippen molar-refractivity contribution >= 4 is 24.6 Å². The minimum Gasteiger partial charge on any atom is -0.388 e. The number of aliphatic hydroxyl groups is 3. The van der Waals surface area contributed by atoms with Gasteiger partial charge in [0.25, 0.3) is 12.1 Å². The predicted molar refractivity (Wildman–Crippen MR) is 115 cm³/mol. The lowest BCUT2D eigenvalue weighted by atomic mass is 9.88. The summed E-state index contributed by atoms with van der Waals surface area (Å²) in [6, 6.07) is 0. The Morgan fingerprint density at radius 2 is 1.88 bits per heavy atom. The molecule has 3 rings (SSSR count). The van der Waals surface area contributed by atoms with Crippen molar-refractivity contribution < 1.29 is 44.0 Å². The number of fused-ring (bicyclic) bond motifs is 1. The Hall–Kier alpha value is -1.86. The highest BCUT2D eigenvalue weighted by atomic mass is 31.2. The summed E-state index contributed by atoms with van der Waals surface area (Å²) >= 11 is 0. The second kappa shape index (κ2) is 9.06. The topological polar surface area (TPSA) is 197 Å². The number of rotatable bonds is 9. The SMILES string of the molecule is CCC(CC)(C[C@H]1OC(n2cnc3c(N)[n+](O)cnc32)[C@H](O)[C@@H]1O)OP(=O)(O)[C@@](C)(O)CC. The molecule has 2 unspecified atom stereocenters. The summed E-state index contributed by atoms with van der Waals surface area (Å²) in [5.74, 6) is -0.0607. The molecule has 6 atom stereocenters. The molecule has 0 saturated carbocycles. The first-order chi connectivity index (χ1) is 15.3. The van der Waals surface area contributed by atoms with Gasteiger partial charge in [0.15, 0.2) is 11.6 Å². The standard InChI is InChI=1S/C19H32N5O8P/c1-5-18(4,27)33(29,30)32-19(6-2,7-3)8-11-13(25)14(26)17(31-11)23-9-21-12-15(20)24(28)10-22-16(12)23/h9-11,13-14,17,20,25-28H,5-8H2,1-4H3,(H,29,30)/p+1/t11-,13-,14-,17?,18-/m1/s1. The number of hydrogen-bond donors (Lipinski definition) is 6. The first kappa shape index (κ1) is 25.8. The zero-order chi connectivity index (χ0) is 24.8. The molecule has 33 heavy (non-hydrogen) atoms. The molecule has 7 N–H and O–H groups in total. The highest BCUT2D eigenvalue weighted by Gasteiger charge is 2.51. The Labute approximate surface area is 190 Å². The molecule has 2 aromatic rings. The lowest BCUT2D eigenvalue weighted by molar-refractivity contribution is -0.894. The second-order valence-electron chi connectivity index (χ2n) is 8.62. The van der Waals surface area contributed by atoms with E-state index in [0.29, 0.717) is 17.6 Å². The number of aliphatic hydroxyl groups excluding tert-OH is 2. The molecule has 0 amide bonds. The van der Waals surface area contributed by atoms with E-state index in [1.165, 1.54) is 17.8 Å². The molecular weight excluding hydrogens is 457 g/mol. The van der Waals surface area contributed by atoms with Gasteiger partial charge in [-0.25, -0.2) is 4.98 Å². The van der Waals surface area contributed by atoms with Crippen LogP contribution in [-0.2, 0) is 13.8 Å². The smallest absolute Gasteiger partial charge is 0.359 e. The molecule has 0 aliphatic carbocycles. The van der Waals surface area contributed by atoms with E-state index in [0.717, 1.165) is 6.33 Å². The molecule has 2 aromatic heterocycles. The van der Waals surface area contributed by atoms with E-state index in [-0.39, 0.29) is 29.8 Å². The number of anilines is 1. The Morgan fingerprint density at radius 1 is 1.24 bits per heavy atom. The van der Waals surface area contributed by atoms with E-state index in [4.69, 9.17) is 15.0 Å².